The highest BCUT2D eigenvalue weighted by Crippen LogP contribution is 2.24. The number of benzene rings is 1. The molecule has 0 bridgehead atoms. The maximum absolute atomic E-state index is 7.61. The summed E-state index contributed by atoms with van der Waals surface area (Å²) in [6.07, 6.45) is 0. The minimum Gasteiger partial charge on any atom is -0.305 e. The molecule has 0 saturated heterocycles. The second-order valence-corrected chi connectivity index (χ2v) is 4.30. The van der Waals surface area contributed by atoms with Crippen molar-refractivity contribution >= 4 is 5.71 Å². The molecule has 0 unspecified atom stereocenters. The largest absolute Gasteiger partial charge is 0.305 e. The van der Waals surface area contributed by atoms with Crippen LogP contribution in [0.25, 0.3) is 0 Å². The van der Waals surface area contributed by atoms with Crippen molar-refractivity contribution in [2.24, 2.45) is 0 Å². The quantitative estimate of drug-likeness (QED) is 0.684. The normalized spacial score (nSPS) is 10.7. The molecule has 0 saturated carbocycles. The molecule has 1 heteroatoms. The number of nitrogens with one attached hydrogen (secondary N) is 1. The van der Waals surface area contributed by atoms with Gasteiger partial charge in [0.1, 0.15) is 0 Å². The molecule has 0 heterocycles. The first-order chi connectivity index (χ1) is 6.43. The van der Waals surface area contributed by atoms with Crippen molar-refractivity contribution in [1.82, 2.24) is 0 Å². The second kappa shape index (κ2) is 3.95. The van der Waals surface area contributed by atoms with Gasteiger partial charge in [-0.3, -0.25) is 0 Å². The maximum atomic E-state index is 7.61. The summed E-state index contributed by atoms with van der Waals surface area (Å²) >= 11 is 0. The lowest BCUT2D eigenvalue weighted by Gasteiger charge is -2.15. The molecule has 1 aromatic rings. The average molecular weight is 189 g/mol. The van der Waals surface area contributed by atoms with Crippen LogP contribution >= 0.6 is 0 Å². The van der Waals surface area contributed by atoms with Crippen LogP contribution in [0.2, 0.25) is 0 Å². The van der Waals surface area contributed by atoms with Gasteiger partial charge in [0.25, 0.3) is 0 Å². The topological polar surface area (TPSA) is 23.9 Å². The van der Waals surface area contributed by atoms with Gasteiger partial charge in [-0.1, -0.05) is 13.8 Å². The van der Waals surface area contributed by atoms with Crippen molar-refractivity contribution in [1.29, 1.82) is 5.41 Å². The molecule has 0 aromatic heterocycles. The highest BCUT2D eigenvalue weighted by Gasteiger charge is 2.08. The Morgan fingerprint density at radius 3 is 1.86 bits per heavy atom. The van der Waals surface area contributed by atoms with Gasteiger partial charge in [-0.2, -0.15) is 0 Å². The number of hydrogen-bond donors (Lipinski definition) is 1. The Balaban J connectivity index is 3.32. The predicted molar refractivity (Wildman–Crippen MR) is 62.5 cm³/mol. The fraction of sp³-hybridized carbons (Fsp3) is 0.462. The van der Waals surface area contributed by atoms with E-state index in [0.717, 1.165) is 5.56 Å². The Hall–Kier alpha value is -1.11. The third kappa shape index (κ3) is 2.03. The third-order valence-electron chi connectivity index (χ3n) is 2.60. The Morgan fingerprint density at radius 1 is 1.14 bits per heavy atom. The first-order valence-electron chi connectivity index (χ1n) is 5.10. The zero-order chi connectivity index (χ0) is 10.9. The van der Waals surface area contributed by atoms with Crippen LogP contribution in [0.5, 0.6) is 0 Å². The van der Waals surface area contributed by atoms with Crippen LogP contribution < -0.4 is 0 Å². The lowest BCUT2D eigenvalue weighted by atomic mass is 9.90. The average Bonchev–Trinajstić information content (AvgIpc) is 2.01. The van der Waals surface area contributed by atoms with Gasteiger partial charge in [-0.05, 0) is 61.1 Å². The number of hydrogen-bond acceptors (Lipinski definition) is 1. The highest BCUT2D eigenvalue weighted by molar-refractivity contribution is 5.96. The lowest BCUT2D eigenvalue weighted by molar-refractivity contribution is 0.846. The fourth-order valence-electron chi connectivity index (χ4n) is 2.10. The monoisotopic (exact) mass is 189 g/mol. The van der Waals surface area contributed by atoms with E-state index in [0.29, 0.717) is 11.6 Å². The maximum Gasteiger partial charge on any atom is 0.0355 e. The van der Waals surface area contributed by atoms with Crippen LogP contribution in [0, 0.1) is 19.3 Å². The van der Waals surface area contributed by atoms with Crippen molar-refractivity contribution in [3.8, 4) is 0 Å². The Labute approximate surface area is 86.7 Å². The summed E-state index contributed by atoms with van der Waals surface area (Å²) < 4.78 is 0. The molecule has 76 valence electrons. The standard InChI is InChI=1S/C13H19N/c1-8(2)13-9(3)6-12(11(5)14)7-10(13)4/h6-8,14H,1-5H3. The van der Waals surface area contributed by atoms with Gasteiger partial charge in [0.15, 0.2) is 0 Å². The molecule has 0 amide bonds. The van der Waals surface area contributed by atoms with Crippen molar-refractivity contribution < 1.29 is 0 Å². The van der Waals surface area contributed by atoms with E-state index in [1.54, 1.807) is 0 Å². The molecule has 0 spiro atoms. The van der Waals surface area contributed by atoms with E-state index in [4.69, 9.17) is 5.41 Å². The van der Waals surface area contributed by atoms with E-state index in [2.05, 4.69) is 39.8 Å². The molecule has 0 aliphatic rings. The molecular formula is C13H19N. The van der Waals surface area contributed by atoms with E-state index in [1.807, 2.05) is 6.92 Å². The smallest absolute Gasteiger partial charge is 0.0355 e. The zero-order valence-corrected chi connectivity index (χ0v) is 9.73. The summed E-state index contributed by atoms with van der Waals surface area (Å²) in [6, 6.07) is 4.23. The molecule has 0 aliphatic heterocycles. The van der Waals surface area contributed by atoms with Crippen molar-refractivity contribution in [3.05, 3.63) is 34.4 Å². The van der Waals surface area contributed by atoms with Gasteiger partial charge in [-0.25, -0.2) is 0 Å². The first-order valence-corrected chi connectivity index (χ1v) is 5.10. The lowest BCUT2D eigenvalue weighted by Crippen LogP contribution is -2.01. The van der Waals surface area contributed by atoms with Crippen molar-refractivity contribution in [2.45, 2.75) is 40.5 Å². The van der Waals surface area contributed by atoms with Gasteiger partial charge in [0.05, 0.1) is 0 Å². The van der Waals surface area contributed by atoms with E-state index in [-0.39, 0.29) is 0 Å². The highest BCUT2D eigenvalue weighted by atomic mass is 14.4. The van der Waals surface area contributed by atoms with Crippen LogP contribution in [0.4, 0.5) is 0 Å². The minimum absolute atomic E-state index is 0.565. The van der Waals surface area contributed by atoms with Crippen LogP contribution in [0.1, 0.15) is 48.9 Å². The van der Waals surface area contributed by atoms with E-state index in [1.165, 1.54) is 16.7 Å². The third-order valence-corrected chi connectivity index (χ3v) is 2.60. The summed E-state index contributed by atoms with van der Waals surface area (Å²) in [5.41, 5.74) is 5.73. The number of rotatable bonds is 2. The molecule has 1 aromatic carbocycles. The molecule has 0 atom stereocenters. The Bertz CT molecular complexity index is 338. The van der Waals surface area contributed by atoms with Gasteiger partial charge in [0.2, 0.25) is 0 Å². The molecule has 1 N–H and O–H groups in total. The molecule has 0 fully saturated rings. The summed E-state index contributed by atoms with van der Waals surface area (Å²) in [5, 5.41) is 7.61. The predicted octanol–water partition coefficient (Wildman–Crippen LogP) is 3.81. The van der Waals surface area contributed by atoms with Gasteiger partial charge in [0, 0.05) is 5.71 Å². The summed E-state index contributed by atoms with van der Waals surface area (Å²) in [7, 11) is 0. The van der Waals surface area contributed by atoms with Gasteiger partial charge >= 0.3 is 0 Å². The van der Waals surface area contributed by atoms with Gasteiger partial charge < -0.3 is 5.41 Å². The van der Waals surface area contributed by atoms with E-state index >= 15 is 0 Å². The molecule has 0 radical (unpaired) electrons. The molecule has 1 nitrogen and oxygen atoms in total. The fourth-order valence-corrected chi connectivity index (χ4v) is 2.10. The molecule has 0 aliphatic carbocycles. The van der Waals surface area contributed by atoms with Crippen molar-refractivity contribution in [2.75, 3.05) is 0 Å². The van der Waals surface area contributed by atoms with E-state index in [9.17, 15) is 0 Å². The molecule has 1 rings (SSSR count). The number of aryl methyl sites for hydroxylation is 2. The zero-order valence-electron chi connectivity index (χ0n) is 9.73. The molecular weight excluding hydrogens is 170 g/mol. The van der Waals surface area contributed by atoms with Crippen LogP contribution in [0.15, 0.2) is 12.1 Å². The van der Waals surface area contributed by atoms with Crippen LogP contribution in [0.3, 0.4) is 0 Å². The second-order valence-electron chi connectivity index (χ2n) is 4.30. The Kier molecular flexibility index (Phi) is 3.10. The summed E-state index contributed by atoms with van der Waals surface area (Å²) in [6.45, 7) is 10.5. The van der Waals surface area contributed by atoms with Crippen LogP contribution in [-0.4, -0.2) is 5.71 Å². The SMILES string of the molecule is CC(=N)c1cc(C)c(C(C)C)c(C)c1. The summed E-state index contributed by atoms with van der Waals surface area (Å²) in [5.74, 6) is 0.565. The van der Waals surface area contributed by atoms with Crippen molar-refractivity contribution in [3.63, 3.8) is 0 Å². The summed E-state index contributed by atoms with van der Waals surface area (Å²) in [4.78, 5) is 0. The van der Waals surface area contributed by atoms with Gasteiger partial charge in [-0.15, -0.1) is 0 Å². The molecule has 14 heavy (non-hydrogen) atoms. The van der Waals surface area contributed by atoms with Crippen LogP contribution in [-0.2, 0) is 0 Å². The van der Waals surface area contributed by atoms with E-state index < -0.39 is 0 Å². The minimum atomic E-state index is 0.565. The first kappa shape index (κ1) is 11.0. The Morgan fingerprint density at radius 2 is 1.57 bits per heavy atom.